The Morgan fingerprint density at radius 2 is 2.03 bits per heavy atom. The summed E-state index contributed by atoms with van der Waals surface area (Å²) in [4.78, 5) is 29.1. The van der Waals surface area contributed by atoms with Gasteiger partial charge in [0.05, 0.1) is 23.0 Å². The largest absolute Gasteiger partial charge is 0.497 e. The number of aromatic amines is 1. The second-order valence-electron chi connectivity index (χ2n) is 7.51. The van der Waals surface area contributed by atoms with Gasteiger partial charge in [-0.25, -0.2) is 4.98 Å². The summed E-state index contributed by atoms with van der Waals surface area (Å²) in [5.41, 5.74) is 5.72. The fourth-order valence-electron chi connectivity index (χ4n) is 3.87. The number of hydrogen-bond donors (Lipinski definition) is 3. The number of H-pyrrole nitrogens is 1. The molecule has 1 aliphatic carbocycles. The molecule has 2 amide bonds. The third-order valence-corrected chi connectivity index (χ3v) is 6.47. The van der Waals surface area contributed by atoms with E-state index in [0.29, 0.717) is 28.5 Å². The van der Waals surface area contributed by atoms with Crippen molar-refractivity contribution >= 4 is 44.2 Å². The molecular weight excluding hydrogens is 426 g/mol. The fraction of sp³-hybridized carbons (Fsp3) is 0.217. The van der Waals surface area contributed by atoms with Gasteiger partial charge >= 0.3 is 0 Å². The van der Waals surface area contributed by atoms with Gasteiger partial charge in [0.15, 0.2) is 5.13 Å². The number of thiazole rings is 1. The smallest absolute Gasteiger partial charge is 0.273 e. The van der Waals surface area contributed by atoms with Crippen LogP contribution in [0.4, 0.5) is 10.8 Å². The van der Waals surface area contributed by atoms with E-state index in [0.717, 1.165) is 45.7 Å². The summed E-state index contributed by atoms with van der Waals surface area (Å²) in [6.45, 7) is 1.79. The Hall–Kier alpha value is -3.72. The van der Waals surface area contributed by atoms with Crippen molar-refractivity contribution in [3.63, 3.8) is 0 Å². The summed E-state index contributed by atoms with van der Waals surface area (Å²) in [6, 6.07) is 11.4. The minimum absolute atomic E-state index is 0.0818. The Balaban J connectivity index is 1.38. The van der Waals surface area contributed by atoms with Crippen molar-refractivity contribution in [1.82, 2.24) is 15.2 Å². The van der Waals surface area contributed by atoms with Gasteiger partial charge in [-0.05, 0) is 54.8 Å². The van der Waals surface area contributed by atoms with Gasteiger partial charge in [0.2, 0.25) is 5.91 Å². The van der Waals surface area contributed by atoms with Gasteiger partial charge in [0.1, 0.15) is 11.4 Å². The number of rotatable bonds is 5. The quantitative estimate of drug-likeness (QED) is 0.420. The number of nitrogens with one attached hydrogen (secondary N) is 3. The molecule has 2 aromatic carbocycles. The second kappa shape index (κ2) is 8.08. The highest BCUT2D eigenvalue weighted by Crippen LogP contribution is 2.36. The summed E-state index contributed by atoms with van der Waals surface area (Å²) < 4.78 is 6.25. The highest BCUT2D eigenvalue weighted by atomic mass is 32.1. The number of hydrogen-bond acceptors (Lipinski definition) is 6. The molecule has 2 aromatic heterocycles. The van der Waals surface area contributed by atoms with E-state index in [-0.39, 0.29) is 11.8 Å². The Morgan fingerprint density at radius 1 is 1.16 bits per heavy atom. The highest BCUT2D eigenvalue weighted by molar-refractivity contribution is 7.22. The van der Waals surface area contributed by atoms with Crippen molar-refractivity contribution < 1.29 is 14.3 Å². The van der Waals surface area contributed by atoms with Crippen LogP contribution in [-0.4, -0.2) is 34.1 Å². The van der Waals surface area contributed by atoms with Crippen LogP contribution in [0.5, 0.6) is 5.75 Å². The Labute approximate surface area is 188 Å². The molecule has 9 heteroatoms. The van der Waals surface area contributed by atoms with E-state index >= 15 is 0 Å². The zero-order chi connectivity index (χ0) is 22.2. The summed E-state index contributed by atoms with van der Waals surface area (Å²) in [6.07, 6.45) is 1.93. The molecule has 0 spiro atoms. The van der Waals surface area contributed by atoms with Crippen molar-refractivity contribution in [2.75, 3.05) is 17.7 Å². The molecule has 32 heavy (non-hydrogen) atoms. The molecule has 1 aliphatic rings. The predicted octanol–water partition coefficient (Wildman–Crippen LogP) is 4.39. The number of carbonyl (C=O) groups excluding carboxylic acids is 2. The van der Waals surface area contributed by atoms with E-state index in [1.807, 2.05) is 30.3 Å². The maximum atomic E-state index is 13.0. The van der Waals surface area contributed by atoms with Gasteiger partial charge in [-0.1, -0.05) is 18.3 Å². The fourth-order valence-corrected chi connectivity index (χ4v) is 4.74. The van der Waals surface area contributed by atoms with Gasteiger partial charge in [0.25, 0.3) is 5.91 Å². The van der Waals surface area contributed by atoms with Crippen LogP contribution >= 0.6 is 11.3 Å². The maximum absolute atomic E-state index is 13.0. The first-order valence-corrected chi connectivity index (χ1v) is 11.1. The van der Waals surface area contributed by atoms with Gasteiger partial charge < -0.3 is 15.4 Å². The molecule has 0 saturated carbocycles. The lowest BCUT2D eigenvalue weighted by Gasteiger charge is -2.17. The Bertz CT molecular complexity index is 1360. The summed E-state index contributed by atoms with van der Waals surface area (Å²) >= 11 is 1.40. The molecule has 0 fully saturated rings. The Kier molecular flexibility index (Phi) is 5.10. The highest BCUT2D eigenvalue weighted by Gasteiger charge is 2.25. The van der Waals surface area contributed by atoms with E-state index in [4.69, 9.17) is 4.74 Å². The van der Waals surface area contributed by atoms with Gasteiger partial charge in [-0.2, -0.15) is 5.10 Å². The summed E-state index contributed by atoms with van der Waals surface area (Å²) in [7, 11) is 1.65. The van der Waals surface area contributed by atoms with Crippen molar-refractivity contribution in [2.45, 2.75) is 26.2 Å². The first kappa shape index (κ1) is 20.2. The lowest BCUT2D eigenvalue weighted by Crippen LogP contribution is -2.15. The molecule has 0 saturated heterocycles. The summed E-state index contributed by atoms with van der Waals surface area (Å²) in [5.74, 6) is 0.488. The topological polar surface area (TPSA) is 109 Å². The third-order valence-electron chi connectivity index (χ3n) is 5.52. The molecule has 162 valence electrons. The number of benzene rings is 2. The number of nitrogens with zero attached hydrogens (tertiary/aromatic N) is 2. The van der Waals surface area contributed by atoms with E-state index < -0.39 is 0 Å². The zero-order valence-corrected chi connectivity index (χ0v) is 18.4. The molecule has 5 rings (SSSR count). The van der Waals surface area contributed by atoms with E-state index in [9.17, 15) is 9.59 Å². The van der Waals surface area contributed by atoms with Crippen molar-refractivity contribution in [2.24, 2.45) is 0 Å². The molecule has 0 aliphatic heterocycles. The van der Waals surface area contributed by atoms with Crippen LogP contribution in [0.25, 0.3) is 21.5 Å². The van der Waals surface area contributed by atoms with E-state index in [2.05, 4.69) is 25.8 Å². The number of carbonyl (C=O) groups is 2. The molecule has 8 nitrogen and oxygen atoms in total. The molecule has 0 atom stereocenters. The minimum Gasteiger partial charge on any atom is -0.497 e. The van der Waals surface area contributed by atoms with Gasteiger partial charge in [0, 0.05) is 23.2 Å². The number of methoxy groups -OCH3 is 1. The zero-order valence-electron chi connectivity index (χ0n) is 17.6. The number of aryl methyl sites for hydroxylation is 1. The molecule has 4 aromatic rings. The molecule has 0 unspecified atom stereocenters. The number of fused-ring (bicyclic) bond motifs is 4. The van der Waals surface area contributed by atoms with Crippen LogP contribution in [-0.2, 0) is 17.6 Å². The monoisotopic (exact) mass is 447 g/mol. The number of aromatic nitrogens is 3. The molecular formula is C23H21N5O3S. The van der Waals surface area contributed by atoms with Crippen molar-refractivity contribution in [1.29, 1.82) is 0 Å². The number of anilines is 2. The van der Waals surface area contributed by atoms with Crippen LogP contribution in [0.1, 0.15) is 35.0 Å². The SMILES string of the molecule is CCC(=O)Nc1nc2cc(NC(=O)c3[nH]nc4c3CCc3cc(OC)ccc3-4)ccc2s1. The molecule has 3 N–H and O–H groups in total. The normalized spacial score (nSPS) is 12.2. The molecule has 0 bridgehead atoms. The van der Waals surface area contributed by atoms with E-state index in [1.54, 1.807) is 20.1 Å². The molecule has 0 radical (unpaired) electrons. The van der Waals surface area contributed by atoms with Gasteiger partial charge in [-0.15, -0.1) is 0 Å². The minimum atomic E-state index is -0.246. The standard InChI is InChI=1S/C23H21N5O3S/c1-3-19(29)26-23-25-17-11-13(5-9-18(17)32-23)24-22(30)21-16-7-4-12-10-14(31-2)6-8-15(12)20(16)27-28-21/h5-6,8-11H,3-4,7H2,1-2H3,(H,24,30)(H,27,28)(H,25,26,29). The number of ether oxygens (including phenoxy) is 1. The van der Waals surface area contributed by atoms with Crippen LogP contribution in [0, 0.1) is 0 Å². The van der Waals surface area contributed by atoms with Crippen LogP contribution in [0.3, 0.4) is 0 Å². The average molecular weight is 448 g/mol. The first-order chi connectivity index (χ1) is 15.6. The lowest BCUT2D eigenvalue weighted by atomic mass is 9.89. The van der Waals surface area contributed by atoms with Crippen LogP contribution < -0.4 is 15.4 Å². The third kappa shape index (κ3) is 3.60. The average Bonchev–Trinajstić information content (AvgIpc) is 3.41. The maximum Gasteiger partial charge on any atom is 0.273 e. The Morgan fingerprint density at radius 3 is 2.84 bits per heavy atom. The van der Waals surface area contributed by atoms with E-state index in [1.165, 1.54) is 11.3 Å². The summed E-state index contributed by atoms with van der Waals surface area (Å²) in [5, 5.41) is 13.6. The predicted molar refractivity (Wildman–Crippen MR) is 124 cm³/mol. The van der Waals surface area contributed by atoms with Crippen LogP contribution in [0.15, 0.2) is 36.4 Å². The first-order valence-electron chi connectivity index (χ1n) is 10.3. The lowest BCUT2D eigenvalue weighted by molar-refractivity contribution is -0.115. The van der Waals surface area contributed by atoms with Crippen LogP contribution in [0.2, 0.25) is 0 Å². The van der Waals surface area contributed by atoms with Crippen molar-refractivity contribution in [3.8, 4) is 17.0 Å². The van der Waals surface area contributed by atoms with Gasteiger partial charge in [-0.3, -0.25) is 14.7 Å². The second-order valence-corrected chi connectivity index (χ2v) is 8.54. The van der Waals surface area contributed by atoms with Crippen molar-refractivity contribution in [3.05, 3.63) is 53.2 Å². The molecule has 2 heterocycles. The number of amides is 2.